The Morgan fingerprint density at radius 1 is 1.07 bits per heavy atom. The molecule has 6 heteroatoms. The zero-order chi connectivity index (χ0) is 20.0. The molecule has 2 aromatic carbocycles. The fourth-order valence-electron chi connectivity index (χ4n) is 4.65. The Morgan fingerprint density at radius 2 is 1.83 bits per heavy atom. The van der Waals surface area contributed by atoms with E-state index in [-0.39, 0.29) is 17.6 Å². The average molecular weight is 387 g/mol. The minimum absolute atomic E-state index is 0.135. The summed E-state index contributed by atoms with van der Waals surface area (Å²) in [5, 5.41) is 2.97. The molecule has 29 heavy (non-hydrogen) atoms. The van der Waals surface area contributed by atoms with E-state index in [1.54, 1.807) is 41.4 Å². The molecular weight excluding hydrogens is 369 g/mol. The topological polar surface area (TPSA) is 62.3 Å². The molecule has 1 fully saturated rings. The van der Waals surface area contributed by atoms with Crippen LogP contribution in [-0.2, 0) is 10.2 Å². The lowest BCUT2D eigenvalue weighted by atomic mass is 9.72. The molecule has 0 bridgehead atoms. The van der Waals surface area contributed by atoms with Crippen molar-refractivity contribution >= 4 is 17.5 Å². The number of nitrogens with one attached hydrogen (secondary N) is 1. The number of rotatable bonds is 2. The van der Waals surface area contributed by atoms with Crippen LogP contribution in [0.15, 0.2) is 72.9 Å². The van der Waals surface area contributed by atoms with Crippen molar-refractivity contribution in [3.8, 4) is 0 Å². The number of likely N-dealkylation sites (tertiary alicyclic amines) is 1. The van der Waals surface area contributed by atoms with Crippen LogP contribution < -0.4 is 5.32 Å². The number of aromatic nitrogens is 1. The zero-order valence-electron chi connectivity index (χ0n) is 15.5. The van der Waals surface area contributed by atoms with Gasteiger partial charge in [-0.2, -0.15) is 0 Å². The summed E-state index contributed by atoms with van der Waals surface area (Å²) >= 11 is 0. The van der Waals surface area contributed by atoms with Crippen LogP contribution in [0.2, 0.25) is 0 Å². The van der Waals surface area contributed by atoms with Gasteiger partial charge in [-0.15, -0.1) is 0 Å². The number of anilines is 1. The number of carbonyl (C=O) groups excluding carboxylic acids is 2. The summed E-state index contributed by atoms with van der Waals surface area (Å²) in [4.78, 5) is 32.5. The lowest BCUT2D eigenvalue weighted by Crippen LogP contribution is -2.42. The highest BCUT2D eigenvalue weighted by Gasteiger charge is 2.59. The van der Waals surface area contributed by atoms with Gasteiger partial charge in [-0.05, 0) is 47.9 Å². The first kappa shape index (κ1) is 17.6. The van der Waals surface area contributed by atoms with Gasteiger partial charge in [0, 0.05) is 18.4 Å². The predicted molar refractivity (Wildman–Crippen MR) is 106 cm³/mol. The Kier molecular flexibility index (Phi) is 3.94. The first-order valence-electron chi connectivity index (χ1n) is 9.50. The van der Waals surface area contributed by atoms with E-state index in [2.05, 4.69) is 10.3 Å². The minimum Gasteiger partial charge on any atom is -0.329 e. The van der Waals surface area contributed by atoms with Crippen LogP contribution in [0.1, 0.15) is 34.1 Å². The maximum atomic E-state index is 13.6. The second kappa shape index (κ2) is 6.51. The monoisotopic (exact) mass is 387 g/mol. The summed E-state index contributed by atoms with van der Waals surface area (Å²) in [7, 11) is 0. The van der Waals surface area contributed by atoms with Crippen LogP contribution in [0.5, 0.6) is 0 Å². The Hall–Kier alpha value is -3.54. The van der Waals surface area contributed by atoms with Gasteiger partial charge < -0.3 is 10.2 Å². The molecule has 2 amide bonds. The summed E-state index contributed by atoms with van der Waals surface area (Å²) in [6.45, 7) is 0.402. The molecule has 2 atom stereocenters. The highest BCUT2D eigenvalue weighted by molar-refractivity contribution is 6.08. The summed E-state index contributed by atoms with van der Waals surface area (Å²) in [5.41, 5.74) is 1.76. The number of nitrogens with zero attached hydrogens (tertiary/aromatic N) is 2. The molecule has 5 rings (SSSR count). The highest BCUT2D eigenvalue weighted by Crippen LogP contribution is 2.54. The van der Waals surface area contributed by atoms with Gasteiger partial charge >= 0.3 is 0 Å². The molecule has 144 valence electrons. The normalized spacial score (nSPS) is 22.6. The van der Waals surface area contributed by atoms with Crippen molar-refractivity contribution in [3.63, 3.8) is 0 Å². The number of amides is 2. The van der Waals surface area contributed by atoms with Crippen LogP contribution in [0.25, 0.3) is 0 Å². The van der Waals surface area contributed by atoms with Gasteiger partial charge in [0.15, 0.2) is 0 Å². The molecule has 2 aliphatic rings. The van der Waals surface area contributed by atoms with Crippen LogP contribution in [-0.4, -0.2) is 28.2 Å². The molecule has 1 spiro atoms. The van der Waals surface area contributed by atoms with Crippen molar-refractivity contribution in [3.05, 3.63) is 95.6 Å². The van der Waals surface area contributed by atoms with E-state index in [9.17, 15) is 14.0 Å². The Balaban J connectivity index is 1.68. The molecule has 3 aromatic rings. The highest BCUT2D eigenvalue weighted by atomic mass is 19.1. The molecule has 0 aliphatic carbocycles. The van der Waals surface area contributed by atoms with Gasteiger partial charge in [-0.1, -0.05) is 36.4 Å². The van der Waals surface area contributed by atoms with Gasteiger partial charge in [-0.25, -0.2) is 4.39 Å². The number of hydrogen-bond donors (Lipinski definition) is 1. The van der Waals surface area contributed by atoms with Gasteiger partial charge in [-0.3, -0.25) is 14.6 Å². The largest absolute Gasteiger partial charge is 0.329 e. The van der Waals surface area contributed by atoms with Gasteiger partial charge in [0.1, 0.15) is 16.9 Å². The third-order valence-corrected chi connectivity index (χ3v) is 5.92. The number of fused-ring (bicyclic) bond motifs is 2. The average Bonchev–Trinajstić information content (AvgIpc) is 3.28. The molecular formula is C23H18FN3O2. The van der Waals surface area contributed by atoms with Gasteiger partial charge in [0.2, 0.25) is 5.91 Å². The molecule has 1 saturated heterocycles. The van der Waals surface area contributed by atoms with E-state index in [0.717, 1.165) is 16.8 Å². The molecule has 2 aliphatic heterocycles. The Morgan fingerprint density at radius 3 is 2.59 bits per heavy atom. The van der Waals surface area contributed by atoms with Crippen molar-refractivity contribution in [2.24, 2.45) is 0 Å². The van der Waals surface area contributed by atoms with E-state index in [1.807, 2.05) is 24.3 Å². The van der Waals surface area contributed by atoms with Gasteiger partial charge in [0.25, 0.3) is 5.91 Å². The molecule has 0 radical (unpaired) electrons. The minimum atomic E-state index is -0.918. The molecule has 0 unspecified atom stereocenters. The lowest BCUT2D eigenvalue weighted by Gasteiger charge is -2.34. The molecule has 1 N–H and O–H groups in total. The van der Waals surface area contributed by atoms with Crippen LogP contribution in [0.4, 0.5) is 10.1 Å². The second-order valence-electron chi connectivity index (χ2n) is 7.39. The fourth-order valence-corrected chi connectivity index (χ4v) is 4.65. The molecule has 3 heterocycles. The smallest absolute Gasteiger partial charge is 0.273 e. The quantitative estimate of drug-likeness (QED) is 0.729. The standard InChI is InChI=1S/C23H18FN3O2/c24-16-10-8-15(9-11-16)20-23(17-5-1-2-6-18(17)26-22(23)29)12-14-27(20)21(28)19-7-3-4-13-25-19/h1-11,13,20H,12,14H2,(H,26,29)/t20-,23+/m0/s1. The first-order chi connectivity index (χ1) is 14.1. The molecule has 1 aromatic heterocycles. The molecule has 5 nitrogen and oxygen atoms in total. The lowest BCUT2D eigenvalue weighted by molar-refractivity contribution is -0.121. The zero-order valence-corrected chi connectivity index (χ0v) is 15.5. The summed E-state index contributed by atoms with van der Waals surface area (Å²) in [6, 6.07) is 18.2. The van der Waals surface area contributed by atoms with E-state index >= 15 is 0 Å². The van der Waals surface area contributed by atoms with Gasteiger partial charge in [0.05, 0.1) is 6.04 Å². The van der Waals surface area contributed by atoms with Crippen molar-refractivity contribution < 1.29 is 14.0 Å². The van der Waals surface area contributed by atoms with Crippen LogP contribution in [0.3, 0.4) is 0 Å². The van der Waals surface area contributed by atoms with Crippen LogP contribution >= 0.6 is 0 Å². The maximum Gasteiger partial charge on any atom is 0.273 e. The van der Waals surface area contributed by atoms with Crippen molar-refractivity contribution in [2.45, 2.75) is 17.9 Å². The first-order valence-corrected chi connectivity index (χ1v) is 9.50. The van der Waals surface area contributed by atoms with E-state index in [0.29, 0.717) is 18.7 Å². The Labute approximate surface area is 167 Å². The second-order valence-corrected chi connectivity index (χ2v) is 7.39. The van der Waals surface area contributed by atoms with Crippen molar-refractivity contribution in [1.29, 1.82) is 0 Å². The molecule has 0 saturated carbocycles. The fraction of sp³-hybridized carbons (Fsp3) is 0.174. The summed E-state index contributed by atoms with van der Waals surface area (Å²) < 4.78 is 13.6. The number of carbonyl (C=O) groups is 2. The van der Waals surface area contributed by atoms with E-state index in [1.165, 1.54) is 12.1 Å². The van der Waals surface area contributed by atoms with Crippen LogP contribution in [0, 0.1) is 5.82 Å². The third kappa shape index (κ3) is 2.56. The summed E-state index contributed by atoms with van der Waals surface area (Å²) in [5.74, 6) is -0.738. The number of benzene rings is 2. The van der Waals surface area contributed by atoms with Crippen molar-refractivity contribution in [1.82, 2.24) is 9.88 Å². The number of hydrogen-bond acceptors (Lipinski definition) is 3. The van der Waals surface area contributed by atoms with E-state index in [4.69, 9.17) is 0 Å². The SMILES string of the molecule is O=C(c1ccccn1)N1CC[C@]2(C(=O)Nc3ccccc32)[C@@H]1c1ccc(F)cc1. The van der Waals surface area contributed by atoms with Crippen molar-refractivity contribution in [2.75, 3.05) is 11.9 Å². The van der Waals surface area contributed by atoms with E-state index < -0.39 is 11.5 Å². The Bertz CT molecular complexity index is 1100. The maximum absolute atomic E-state index is 13.6. The summed E-state index contributed by atoms with van der Waals surface area (Å²) in [6.07, 6.45) is 2.06. The number of pyridine rings is 1. The third-order valence-electron chi connectivity index (χ3n) is 5.92. The number of para-hydroxylation sites is 1. The predicted octanol–water partition coefficient (Wildman–Crippen LogP) is 3.70. The number of halogens is 1.